The van der Waals surface area contributed by atoms with E-state index in [1.54, 1.807) is 19.1 Å². The van der Waals surface area contributed by atoms with Gasteiger partial charge in [0.25, 0.3) is 5.56 Å². The van der Waals surface area contributed by atoms with Gasteiger partial charge in [-0.05, 0) is 37.4 Å². The highest BCUT2D eigenvalue weighted by molar-refractivity contribution is 7.09. The van der Waals surface area contributed by atoms with Gasteiger partial charge in [0.15, 0.2) is 5.69 Å². The second kappa shape index (κ2) is 8.48. The third kappa shape index (κ3) is 4.08. The number of nitrogens with one attached hydrogen (secondary N) is 1. The fourth-order valence-electron chi connectivity index (χ4n) is 2.86. The highest BCUT2D eigenvalue weighted by Gasteiger charge is 2.22. The molecule has 158 valence electrons. The number of hydrogen-bond donors (Lipinski definition) is 1. The molecule has 3 heterocycles. The van der Waals surface area contributed by atoms with E-state index in [0.29, 0.717) is 12.2 Å². The Bertz CT molecular complexity index is 1340. The first-order chi connectivity index (χ1) is 15.0. The summed E-state index contributed by atoms with van der Waals surface area (Å²) in [6.07, 6.45) is 0. The van der Waals surface area contributed by atoms with Gasteiger partial charge in [-0.25, -0.2) is 4.79 Å². The summed E-state index contributed by atoms with van der Waals surface area (Å²) in [5.74, 6) is -1.05. The minimum Gasteiger partial charge on any atom is -0.343 e. The van der Waals surface area contributed by atoms with Crippen LogP contribution in [0, 0.1) is 6.92 Å². The maximum absolute atomic E-state index is 12.8. The first-order valence-electron chi connectivity index (χ1n) is 9.43. The summed E-state index contributed by atoms with van der Waals surface area (Å²) in [6, 6.07) is 10.9. The molecule has 10 nitrogen and oxygen atoms in total. The molecule has 0 fully saturated rings. The van der Waals surface area contributed by atoms with Gasteiger partial charge in [-0.2, -0.15) is 14.8 Å². The monoisotopic (exact) mass is 438 g/mol. The third-order valence-electron chi connectivity index (χ3n) is 4.49. The fraction of sp³-hybridized carbons (Fsp3) is 0.200. The molecule has 0 aliphatic heterocycles. The van der Waals surface area contributed by atoms with Crippen molar-refractivity contribution < 1.29 is 9.32 Å². The van der Waals surface area contributed by atoms with Crippen LogP contribution in [-0.4, -0.2) is 30.4 Å². The summed E-state index contributed by atoms with van der Waals surface area (Å²) in [7, 11) is 0. The molecule has 4 rings (SSSR count). The Morgan fingerprint density at radius 2 is 1.97 bits per heavy atom. The van der Waals surface area contributed by atoms with Gasteiger partial charge in [-0.3, -0.25) is 14.2 Å². The Morgan fingerprint density at radius 1 is 1.19 bits per heavy atom. The molecule has 4 aromatic rings. The van der Waals surface area contributed by atoms with E-state index in [4.69, 9.17) is 4.52 Å². The molecule has 0 atom stereocenters. The second-order valence-corrected chi connectivity index (χ2v) is 7.65. The third-order valence-corrected chi connectivity index (χ3v) is 5.37. The molecule has 0 aliphatic rings. The Morgan fingerprint density at radius 3 is 2.65 bits per heavy atom. The van der Waals surface area contributed by atoms with Crippen LogP contribution in [0.3, 0.4) is 0 Å². The molecular formula is C20H18N6O4S. The zero-order chi connectivity index (χ0) is 22.0. The van der Waals surface area contributed by atoms with Crippen molar-refractivity contribution in [3.05, 3.63) is 78.9 Å². The van der Waals surface area contributed by atoms with E-state index in [0.717, 1.165) is 19.7 Å². The predicted molar refractivity (Wildman–Crippen MR) is 113 cm³/mol. The lowest BCUT2D eigenvalue weighted by Crippen LogP contribution is -2.41. The SMILES string of the molecule is CCn1c(=O)c(-c2noc(C(=O)NCc3cccs3)n2)nn(-c2ccc(C)cc2)c1=O. The maximum atomic E-state index is 12.8. The number of amides is 1. The van der Waals surface area contributed by atoms with E-state index in [9.17, 15) is 14.4 Å². The van der Waals surface area contributed by atoms with Gasteiger partial charge >= 0.3 is 17.5 Å². The summed E-state index contributed by atoms with van der Waals surface area (Å²) < 4.78 is 7.15. The Hall–Kier alpha value is -3.86. The van der Waals surface area contributed by atoms with Crippen LogP contribution in [-0.2, 0) is 13.1 Å². The highest BCUT2D eigenvalue weighted by atomic mass is 32.1. The minimum atomic E-state index is -0.665. The topological polar surface area (TPSA) is 125 Å². The number of hydrogen-bond acceptors (Lipinski definition) is 8. The molecule has 0 radical (unpaired) electrons. The van der Waals surface area contributed by atoms with Gasteiger partial charge in [-0.15, -0.1) is 11.3 Å². The molecule has 11 heteroatoms. The van der Waals surface area contributed by atoms with Gasteiger partial charge in [0.05, 0.1) is 12.2 Å². The summed E-state index contributed by atoms with van der Waals surface area (Å²) in [5.41, 5.74) is 0.0523. The number of nitrogens with zero attached hydrogens (tertiary/aromatic N) is 5. The fourth-order valence-corrected chi connectivity index (χ4v) is 3.50. The molecule has 1 amide bonds. The Labute approximate surface area is 179 Å². The molecule has 0 spiro atoms. The van der Waals surface area contributed by atoms with Crippen LogP contribution in [0.25, 0.3) is 17.2 Å². The van der Waals surface area contributed by atoms with Crippen LogP contribution in [0.5, 0.6) is 0 Å². The lowest BCUT2D eigenvalue weighted by atomic mass is 10.2. The van der Waals surface area contributed by atoms with Crippen LogP contribution in [0.4, 0.5) is 0 Å². The number of aryl methyl sites for hydroxylation is 1. The molecule has 1 aromatic carbocycles. The van der Waals surface area contributed by atoms with Crippen molar-refractivity contribution in [3.63, 3.8) is 0 Å². The van der Waals surface area contributed by atoms with E-state index in [1.807, 2.05) is 36.6 Å². The lowest BCUT2D eigenvalue weighted by molar-refractivity contribution is 0.0907. The van der Waals surface area contributed by atoms with Crippen molar-refractivity contribution >= 4 is 17.2 Å². The molecule has 0 saturated carbocycles. The first kappa shape index (κ1) is 20.4. The van der Waals surface area contributed by atoms with Crippen LogP contribution < -0.4 is 16.6 Å². The molecule has 0 aliphatic carbocycles. The van der Waals surface area contributed by atoms with E-state index >= 15 is 0 Å². The van der Waals surface area contributed by atoms with E-state index < -0.39 is 17.2 Å². The Balaban J connectivity index is 1.70. The van der Waals surface area contributed by atoms with E-state index in [1.165, 1.54) is 11.3 Å². The number of thiophene rings is 1. The minimum absolute atomic E-state index is 0.130. The number of rotatable bonds is 6. The van der Waals surface area contributed by atoms with Crippen molar-refractivity contribution in [2.24, 2.45) is 0 Å². The van der Waals surface area contributed by atoms with Crippen molar-refractivity contribution in [2.75, 3.05) is 0 Å². The average Bonchev–Trinajstić information content (AvgIpc) is 3.46. The highest BCUT2D eigenvalue weighted by Crippen LogP contribution is 2.12. The van der Waals surface area contributed by atoms with Gasteiger partial charge in [0.1, 0.15) is 0 Å². The molecular weight excluding hydrogens is 420 g/mol. The van der Waals surface area contributed by atoms with Gasteiger partial charge in [-0.1, -0.05) is 28.9 Å². The van der Waals surface area contributed by atoms with Crippen LogP contribution in [0.2, 0.25) is 0 Å². The van der Waals surface area contributed by atoms with Crippen molar-refractivity contribution in [2.45, 2.75) is 26.9 Å². The molecule has 0 saturated heterocycles. The first-order valence-corrected chi connectivity index (χ1v) is 10.3. The second-order valence-electron chi connectivity index (χ2n) is 6.61. The van der Waals surface area contributed by atoms with Crippen molar-refractivity contribution in [1.82, 2.24) is 29.8 Å². The number of carbonyl (C=O) groups is 1. The normalized spacial score (nSPS) is 10.9. The number of aromatic nitrogens is 5. The summed E-state index contributed by atoms with van der Waals surface area (Å²) in [4.78, 5) is 42.8. The van der Waals surface area contributed by atoms with Crippen LogP contribution >= 0.6 is 11.3 Å². The maximum Gasteiger partial charge on any atom is 0.352 e. The number of carbonyl (C=O) groups excluding carboxylic acids is 1. The van der Waals surface area contributed by atoms with Gasteiger partial charge in [0.2, 0.25) is 5.82 Å². The summed E-state index contributed by atoms with van der Waals surface area (Å²) >= 11 is 1.50. The van der Waals surface area contributed by atoms with E-state index in [2.05, 4.69) is 20.6 Å². The van der Waals surface area contributed by atoms with Gasteiger partial charge in [0, 0.05) is 11.4 Å². The largest absolute Gasteiger partial charge is 0.352 e. The smallest absolute Gasteiger partial charge is 0.343 e. The zero-order valence-electron chi connectivity index (χ0n) is 16.7. The number of benzene rings is 1. The van der Waals surface area contributed by atoms with Crippen LogP contribution in [0.15, 0.2) is 55.9 Å². The Kier molecular flexibility index (Phi) is 5.58. The van der Waals surface area contributed by atoms with Crippen molar-refractivity contribution in [1.29, 1.82) is 0 Å². The zero-order valence-corrected chi connectivity index (χ0v) is 17.5. The summed E-state index contributed by atoms with van der Waals surface area (Å²) in [5, 5.41) is 12.5. The summed E-state index contributed by atoms with van der Waals surface area (Å²) in [6.45, 7) is 4.03. The molecule has 3 aromatic heterocycles. The van der Waals surface area contributed by atoms with Crippen LogP contribution in [0.1, 0.15) is 28.0 Å². The molecule has 31 heavy (non-hydrogen) atoms. The van der Waals surface area contributed by atoms with E-state index in [-0.39, 0.29) is 24.0 Å². The van der Waals surface area contributed by atoms with Crippen molar-refractivity contribution in [3.8, 4) is 17.2 Å². The molecule has 0 bridgehead atoms. The molecule has 1 N–H and O–H groups in total. The average molecular weight is 438 g/mol. The van der Waals surface area contributed by atoms with Gasteiger partial charge < -0.3 is 9.84 Å². The predicted octanol–water partition coefficient (Wildman–Crippen LogP) is 1.76. The molecule has 0 unspecified atom stereocenters. The lowest BCUT2D eigenvalue weighted by Gasteiger charge is -2.09. The standard InChI is InChI=1S/C20H18N6O4S/c1-3-25-19(28)15(23-26(20(25)29)13-8-6-12(2)7-9-13)16-22-18(30-24-16)17(27)21-11-14-5-4-10-31-14/h4-10H,3,11H2,1-2H3,(H,21,27). The quantitative estimate of drug-likeness (QED) is 0.486.